The fraction of sp³-hybridized carbons (Fsp3) is 0.300. The van der Waals surface area contributed by atoms with Gasteiger partial charge in [0.25, 0.3) is 5.91 Å². The van der Waals surface area contributed by atoms with E-state index in [1.165, 1.54) is 0 Å². The fourth-order valence-corrected chi connectivity index (χ4v) is 1.52. The van der Waals surface area contributed by atoms with E-state index in [1.807, 2.05) is 13.0 Å². The smallest absolute Gasteiger partial charge is 0.251 e. The molecule has 0 aliphatic carbocycles. The summed E-state index contributed by atoms with van der Waals surface area (Å²) in [6, 6.07) is 5.18. The second-order valence-electron chi connectivity index (χ2n) is 3.24. The Bertz CT molecular complexity index is 370. The average molecular weight is 339 g/mol. The second kappa shape index (κ2) is 5.67. The summed E-state index contributed by atoms with van der Waals surface area (Å²) >= 11 is 8.03. The van der Waals surface area contributed by atoms with E-state index in [-0.39, 0.29) is 11.9 Å². The predicted molar refractivity (Wildman–Crippen MR) is 70.2 cm³/mol. The van der Waals surface area contributed by atoms with Gasteiger partial charge in [0, 0.05) is 21.7 Å². The first-order valence-corrected chi connectivity index (χ1v) is 5.96. The van der Waals surface area contributed by atoms with Gasteiger partial charge in [0.05, 0.1) is 5.02 Å². The Morgan fingerprint density at radius 1 is 1.67 bits per heavy atom. The maximum atomic E-state index is 11.6. The van der Waals surface area contributed by atoms with Crippen molar-refractivity contribution in [2.24, 2.45) is 5.73 Å². The number of nitrogens with one attached hydrogen (secondary N) is 1. The molecular weight excluding hydrogens is 326 g/mol. The summed E-state index contributed by atoms with van der Waals surface area (Å²) in [5.41, 5.74) is 5.97. The molecular formula is C10H12ClIN2O. The summed E-state index contributed by atoms with van der Waals surface area (Å²) in [4.78, 5) is 11.6. The van der Waals surface area contributed by atoms with Gasteiger partial charge in [-0.1, -0.05) is 11.6 Å². The molecule has 0 aliphatic heterocycles. The molecule has 15 heavy (non-hydrogen) atoms. The van der Waals surface area contributed by atoms with Crippen molar-refractivity contribution in [1.29, 1.82) is 0 Å². The first kappa shape index (κ1) is 12.7. The number of carbonyl (C=O) groups excluding carboxylic acids is 1. The number of rotatable bonds is 3. The van der Waals surface area contributed by atoms with Crippen molar-refractivity contribution >= 4 is 40.1 Å². The number of hydrogen-bond donors (Lipinski definition) is 2. The summed E-state index contributed by atoms with van der Waals surface area (Å²) in [6.45, 7) is 2.27. The lowest BCUT2D eigenvalue weighted by Gasteiger charge is -2.11. The minimum Gasteiger partial charge on any atom is -0.348 e. The number of hydrogen-bond acceptors (Lipinski definition) is 2. The molecule has 0 unspecified atom stereocenters. The molecule has 1 amide bonds. The molecule has 0 saturated carbocycles. The van der Waals surface area contributed by atoms with Gasteiger partial charge in [-0.05, 0) is 47.7 Å². The van der Waals surface area contributed by atoms with Gasteiger partial charge in [0.1, 0.15) is 0 Å². The normalized spacial score (nSPS) is 12.3. The van der Waals surface area contributed by atoms with Crippen LogP contribution in [-0.2, 0) is 0 Å². The SMILES string of the molecule is C[C@H](CN)NC(=O)c1ccc(I)c(Cl)c1. The molecule has 0 radical (unpaired) electrons. The summed E-state index contributed by atoms with van der Waals surface area (Å²) in [6.07, 6.45) is 0. The highest BCUT2D eigenvalue weighted by atomic mass is 127. The minimum absolute atomic E-state index is 0.0319. The third-order valence-electron chi connectivity index (χ3n) is 1.91. The van der Waals surface area contributed by atoms with E-state index in [4.69, 9.17) is 17.3 Å². The average Bonchev–Trinajstić information content (AvgIpc) is 2.21. The van der Waals surface area contributed by atoms with Gasteiger partial charge < -0.3 is 11.1 Å². The zero-order valence-electron chi connectivity index (χ0n) is 8.26. The Morgan fingerprint density at radius 3 is 2.87 bits per heavy atom. The van der Waals surface area contributed by atoms with Crippen LogP contribution < -0.4 is 11.1 Å². The van der Waals surface area contributed by atoms with Gasteiger partial charge in [0.15, 0.2) is 0 Å². The molecule has 5 heteroatoms. The molecule has 0 spiro atoms. The molecule has 0 aromatic heterocycles. The van der Waals surface area contributed by atoms with Crippen molar-refractivity contribution in [3.63, 3.8) is 0 Å². The van der Waals surface area contributed by atoms with Crippen LogP contribution in [0.5, 0.6) is 0 Å². The van der Waals surface area contributed by atoms with Crippen LogP contribution in [0.3, 0.4) is 0 Å². The maximum absolute atomic E-state index is 11.6. The quantitative estimate of drug-likeness (QED) is 0.829. The molecule has 1 atom stereocenters. The molecule has 0 fully saturated rings. The van der Waals surface area contributed by atoms with Crippen LogP contribution in [0.25, 0.3) is 0 Å². The summed E-state index contributed by atoms with van der Waals surface area (Å²) in [5, 5.41) is 3.35. The van der Waals surface area contributed by atoms with E-state index in [0.717, 1.165) is 3.57 Å². The van der Waals surface area contributed by atoms with Crippen molar-refractivity contribution in [2.45, 2.75) is 13.0 Å². The Balaban J connectivity index is 2.78. The van der Waals surface area contributed by atoms with Crippen molar-refractivity contribution < 1.29 is 4.79 Å². The summed E-state index contributed by atoms with van der Waals surface area (Å²) < 4.78 is 0.928. The lowest BCUT2D eigenvalue weighted by molar-refractivity contribution is 0.0941. The van der Waals surface area contributed by atoms with E-state index in [1.54, 1.807) is 12.1 Å². The minimum atomic E-state index is -0.147. The van der Waals surface area contributed by atoms with E-state index in [2.05, 4.69) is 27.9 Å². The van der Waals surface area contributed by atoms with Crippen LogP contribution in [0.1, 0.15) is 17.3 Å². The third-order valence-corrected chi connectivity index (χ3v) is 3.49. The third kappa shape index (κ3) is 3.62. The van der Waals surface area contributed by atoms with E-state index in [0.29, 0.717) is 17.1 Å². The van der Waals surface area contributed by atoms with Crippen LogP contribution in [0, 0.1) is 3.57 Å². The second-order valence-corrected chi connectivity index (χ2v) is 4.81. The van der Waals surface area contributed by atoms with Gasteiger partial charge in [-0.15, -0.1) is 0 Å². The standard InChI is InChI=1S/C10H12ClIN2O/c1-6(5-13)14-10(15)7-2-3-9(12)8(11)4-7/h2-4,6H,5,13H2,1H3,(H,14,15)/t6-/m1/s1. The molecule has 3 nitrogen and oxygen atoms in total. The molecule has 1 rings (SSSR count). The van der Waals surface area contributed by atoms with Crippen LogP contribution in [0.4, 0.5) is 0 Å². The Kier molecular flexibility index (Phi) is 4.82. The van der Waals surface area contributed by atoms with E-state index in [9.17, 15) is 4.79 Å². The highest BCUT2D eigenvalue weighted by Crippen LogP contribution is 2.19. The zero-order chi connectivity index (χ0) is 11.4. The van der Waals surface area contributed by atoms with Gasteiger partial charge in [-0.25, -0.2) is 0 Å². The van der Waals surface area contributed by atoms with E-state index >= 15 is 0 Å². The molecule has 0 bridgehead atoms. The molecule has 82 valence electrons. The molecule has 3 N–H and O–H groups in total. The van der Waals surface area contributed by atoms with Gasteiger partial charge in [0.2, 0.25) is 0 Å². The van der Waals surface area contributed by atoms with Crippen LogP contribution >= 0.6 is 34.2 Å². The monoisotopic (exact) mass is 338 g/mol. The predicted octanol–water partition coefficient (Wildman–Crippen LogP) is 2.02. The Hall–Kier alpha value is -0.330. The van der Waals surface area contributed by atoms with Crippen LogP contribution in [0.2, 0.25) is 5.02 Å². The lowest BCUT2D eigenvalue weighted by Crippen LogP contribution is -2.37. The number of nitrogens with two attached hydrogens (primary N) is 1. The molecule has 0 heterocycles. The van der Waals surface area contributed by atoms with Crippen molar-refractivity contribution in [3.05, 3.63) is 32.4 Å². The Labute approximate surface area is 108 Å². The number of benzene rings is 1. The van der Waals surface area contributed by atoms with Crippen LogP contribution in [0.15, 0.2) is 18.2 Å². The topological polar surface area (TPSA) is 55.1 Å². The summed E-state index contributed by atoms with van der Waals surface area (Å²) in [5.74, 6) is -0.147. The van der Waals surface area contributed by atoms with Gasteiger partial charge in [-0.2, -0.15) is 0 Å². The van der Waals surface area contributed by atoms with Crippen molar-refractivity contribution in [1.82, 2.24) is 5.32 Å². The lowest BCUT2D eigenvalue weighted by atomic mass is 10.2. The van der Waals surface area contributed by atoms with Gasteiger partial charge in [-0.3, -0.25) is 4.79 Å². The zero-order valence-corrected chi connectivity index (χ0v) is 11.2. The first-order valence-electron chi connectivity index (χ1n) is 4.50. The van der Waals surface area contributed by atoms with Crippen molar-refractivity contribution in [3.8, 4) is 0 Å². The largest absolute Gasteiger partial charge is 0.348 e. The summed E-state index contributed by atoms with van der Waals surface area (Å²) in [7, 11) is 0. The van der Waals surface area contributed by atoms with Crippen LogP contribution in [-0.4, -0.2) is 18.5 Å². The first-order chi connectivity index (χ1) is 7.04. The number of amides is 1. The highest BCUT2D eigenvalue weighted by molar-refractivity contribution is 14.1. The molecule has 1 aromatic rings. The number of halogens is 2. The molecule has 1 aromatic carbocycles. The van der Waals surface area contributed by atoms with E-state index < -0.39 is 0 Å². The van der Waals surface area contributed by atoms with Gasteiger partial charge >= 0.3 is 0 Å². The van der Waals surface area contributed by atoms with Crippen molar-refractivity contribution in [2.75, 3.05) is 6.54 Å². The molecule has 0 saturated heterocycles. The highest BCUT2D eigenvalue weighted by Gasteiger charge is 2.09. The fourth-order valence-electron chi connectivity index (χ4n) is 1.00. The molecule has 0 aliphatic rings. The number of carbonyl (C=O) groups is 1. The maximum Gasteiger partial charge on any atom is 0.251 e. The Morgan fingerprint density at radius 2 is 2.33 bits per heavy atom.